The summed E-state index contributed by atoms with van der Waals surface area (Å²) in [5.41, 5.74) is 0.0271. The topological polar surface area (TPSA) is 95.1 Å². The second kappa shape index (κ2) is 8.48. The molecule has 1 aromatic heterocycles. The predicted octanol–water partition coefficient (Wildman–Crippen LogP) is 5.12. The van der Waals surface area contributed by atoms with E-state index in [0.29, 0.717) is 0 Å². The van der Waals surface area contributed by atoms with Gasteiger partial charge in [0, 0.05) is 18.5 Å². The second-order valence-electron chi connectivity index (χ2n) is 7.34. The Kier molecular flexibility index (Phi) is 5.84. The Balaban J connectivity index is 1.66. The van der Waals surface area contributed by atoms with E-state index in [0.717, 1.165) is 6.07 Å². The highest BCUT2D eigenvalue weighted by molar-refractivity contribution is 5.76. The fraction of sp³-hybridized carbons (Fsp3) is 0.300. The summed E-state index contributed by atoms with van der Waals surface area (Å²) in [6, 6.07) is 9.25. The van der Waals surface area contributed by atoms with E-state index in [1.165, 1.54) is 41.3 Å². The summed E-state index contributed by atoms with van der Waals surface area (Å²) >= 11 is 0. The van der Waals surface area contributed by atoms with Crippen molar-refractivity contribution in [3.63, 3.8) is 0 Å². The maximum Gasteiger partial charge on any atom is 0.573 e. The highest BCUT2D eigenvalue weighted by Crippen LogP contribution is 2.38. The Morgan fingerprint density at radius 3 is 2.58 bits per heavy atom. The number of nitrogens with zero attached hydrogens (tertiary/aromatic N) is 4. The standard InChI is InChI=1S/C20H17F5N4O4/c21-19(22)8-3-9-28(11-19)14-7-6-12(10-15(14)29(30)31)18-26-17(27-33-18)13-4-1-2-5-16(13)32-20(23,24)25/h1-2,4-7,10,30-31H,3,8-9,11H2. The van der Waals surface area contributed by atoms with Gasteiger partial charge in [0.2, 0.25) is 5.82 Å². The molecule has 13 heteroatoms. The first-order chi connectivity index (χ1) is 15.5. The average Bonchev–Trinajstić information content (AvgIpc) is 3.22. The van der Waals surface area contributed by atoms with Crippen LogP contribution in [-0.2, 0) is 0 Å². The summed E-state index contributed by atoms with van der Waals surface area (Å²) < 4.78 is 74.8. The van der Waals surface area contributed by atoms with Gasteiger partial charge in [0.25, 0.3) is 11.8 Å². The molecule has 0 spiro atoms. The third-order valence-corrected chi connectivity index (χ3v) is 4.95. The molecule has 1 aliphatic rings. The molecule has 3 aromatic rings. The van der Waals surface area contributed by atoms with E-state index in [1.807, 2.05) is 0 Å². The molecule has 0 saturated carbocycles. The van der Waals surface area contributed by atoms with Crippen molar-refractivity contribution in [2.24, 2.45) is 0 Å². The molecule has 176 valence electrons. The van der Waals surface area contributed by atoms with Crippen molar-refractivity contribution in [3.8, 4) is 28.6 Å². The van der Waals surface area contributed by atoms with E-state index in [9.17, 15) is 32.4 Å². The van der Waals surface area contributed by atoms with E-state index >= 15 is 0 Å². The van der Waals surface area contributed by atoms with E-state index in [-0.39, 0.29) is 58.8 Å². The summed E-state index contributed by atoms with van der Waals surface area (Å²) in [6.45, 7) is -0.301. The Morgan fingerprint density at radius 2 is 1.88 bits per heavy atom. The number of ether oxygens (including phenoxy) is 1. The molecule has 1 saturated heterocycles. The van der Waals surface area contributed by atoms with Gasteiger partial charge in [-0.05, 0) is 36.8 Å². The van der Waals surface area contributed by atoms with E-state index in [4.69, 9.17) is 4.52 Å². The average molecular weight is 472 g/mol. The molecular formula is C20H17F5N4O4. The number of para-hydroxylation sites is 1. The third kappa shape index (κ3) is 5.14. The van der Waals surface area contributed by atoms with Crippen LogP contribution in [0.1, 0.15) is 12.8 Å². The van der Waals surface area contributed by atoms with Crippen LogP contribution in [0.3, 0.4) is 0 Å². The van der Waals surface area contributed by atoms with Crippen LogP contribution in [0.5, 0.6) is 5.75 Å². The lowest BCUT2D eigenvalue weighted by Crippen LogP contribution is -2.43. The van der Waals surface area contributed by atoms with Crippen LogP contribution < -0.4 is 14.9 Å². The smallest absolute Gasteiger partial charge is 0.405 e. The minimum Gasteiger partial charge on any atom is -0.405 e. The highest BCUT2D eigenvalue weighted by Gasteiger charge is 2.36. The highest BCUT2D eigenvalue weighted by atomic mass is 19.4. The van der Waals surface area contributed by atoms with Crippen LogP contribution in [-0.4, -0.2) is 45.9 Å². The van der Waals surface area contributed by atoms with Crippen molar-refractivity contribution in [2.45, 2.75) is 25.1 Å². The van der Waals surface area contributed by atoms with Crippen LogP contribution in [0.2, 0.25) is 0 Å². The molecule has 0 radical (unpaired) electrons. The van der Waals surface area contributed by atoms with Crippen LogP contribution >= 0.6 is 0 Å². The first-order valence-electron chi connectivity index (χ1n) is 9.66. The molecule has 2 N–H and O–H groups in total. The molecule has 1 fully saturated rings. The zero-order chi connectivity index (χ0) is 23.8. The molecule has 0 unspecified atom stereocenters. The van der Waals surface area contributed by atoms with Gasteiger partial charge < -0.3 is 14.2 Å². The lowest BCUT2D eigenvalue weighted by Gasteiger charge is -2.35. The van der Waals surface area contributed by atoms with Crippen LogP contribution in [0.15, 0.2) is 47.0 Å². The van der Waals surface area contributed by atoms with Crippen molar-refractivity contribution in [3.05, 3.63) is 42.5 Å². The Labute approximate surface area is 183 Å². The molecule has 0 aliphatic carbocycles. The zero-order valence-corrected chi connectivity index (χ0v) is 16.8. The molecule has 8 nitrogen and oxygen atoms in total. The molecule has 0 atom stereocenters. The summed E-state index contributed by atoms with van der Waals surface area (Å²) in [6.07, 6.45) is -4.97. The monoisotopic (exact) mass is 472 g/mol. The molecule has 1 aliphatic heterocycles. The van der Waals surface area contributed by atoms with Crippen molar-refractivity contribution in [1.82, 2.24) is 10.1 Å². The maximum atomic E-state index is 13.8. The van der Waals surface area contributed by atoms with E-state index in [2.05, 4.69) is 14.9 Å². The van der Waals surface area contributed by atoms with E-state index < -0.39 is 24.6 Å². The third-order valence-electron chi connectivity index (χ3n) is 4.95. The molecule has 0 amide bonds. The summed E-state index contributed by atoms with van der Waals surface area (Å²) in [4.78, 5) is 5.39. The first-order valence-corrected chi connectivity index (χ1v) is 9.66. The van der Waals surface area contributed by atoms with Gasteiger partial charge in [0.1, 0.15) is 11.4 Å². The van der Waals surface area contributed by atoms with Gasteiger partial charge in [0.05, 0.1) is 17.8 Å². The molecule has 4 rings (SSSR count). The second-order valence-corrected chi connectivity index (χ2v) is 7.34. The fourth-order valence-corrected chi connectivity index (χ4v) is 3.57. The van der Waals surface area contributed by atoms with Gasteiger partial charge >= 0.3 is 6.36 Å². The van der Waals surface area contributed by atoms with Crippen molar-refractivity contribution >= 4 is 11.4 Å². The van der Waals surface area contributed by atoms with Crippen LogP contribution in [0.4, 0.5) is 33.3 Å². The lowest BCUT2D eigenvalue weighted by molar-refractivity contribution is -0.274. The number of benzene rings is 2. The van der Waals surface area contributed by atoms with E-state index in [1.54, 1.807) is 0 Å². The lowest BCUT2D eigenvalue weighted by atomic mass is 10.0. The number of rotatable bonds is 5. The molecule has 33 heavy (non-hydrogen) atoms. The number of alkyl halides is 5. The largest absolute Gasteiger partial charge is 0.573 e. The minimum absolute atomic E-state index is 0.0804. The SMILES string of the molecule is ON(O)c1cc(-c2nc(-c3ccccc3OC(F)(F)F)no2)ccc1N1CCCC(F)(F)C1. The first kappa shape index (κ1) is 22.7. The Morgan fingerprint density at radius 1 is 1.12 bits per heavy atom. The summed E-state index contributed by atoms with van der Waals surface area (Å²) in [5, 5.41) is 22.8. The molecule has 2 heterocycles. The Bertz CT molecular complexity index is 1140. The molecular weight excluding hydrogens is 455 g/mol. The number of piperidine rings is 1. The van der Waals surface area contributed by atoms with Gasteiger partial charge in [-0.1, -0.05) is 17.3 Å². The normalized spacial score (nSPS) is 16.0. The summed E-state index contributed by atoms with van der Waals surface area (Å²) in [7, 11) is 0. The summed E-state index contributed by atoms with van der Waals surface area (Å²) in [5.74, 6) is -3.80. The van der Waals surface area contributed by atoms with Gasteiger partial charge in [0.15, 0.2) is 0 Å². The van der Waals surface area contributed by atoms with Crippen LogP contribution in [0, 0.1) is 0 Å². The number of halogens is 5. The van der Waals surface area contributed by atoms with Crippen molar-refractivity contribution in [1.29, 1.82) is 0 Å². The number of hydrogen-bond acceptors (Lipinski definition) is 8. The Hall–Kier alpha value is -3.45. The molecule has 0 bridgehead atoms. The number of anilines is 2. The van der Waals surface area contributed by atoms with Crippen molar-refractivity contribution in [2.75, 3.05) is 23.2 Å². The van der Waals surface area contributed by atoms with Crippen molar-refractivity contribution < 1.29 is 41.6 Å². The predicted molar refractivity (Wildman–Crippen MR) is 104 cm³/mol. The minimum atomic E-state index is -4.93. The van der Waals surface area contributed by atoms with Gasteiger partial charge in [-0.25, -0.2) is 8.78 Å². The van der Waals surface area contributed by atoms with Gasteiger partial charge in [-0.15, -0.1) is 18.4 Å². The van der Waals surface area contributed by atoms with Gasteiger partial charge in [-0.2, -0.15) is 4.98 Å². The van der Waals surface area contributed by atoms with Crippen LogP contribution in [0.25, 0.3) is 22.8 Å². The maximum absolute atomic E-state index is 13.8. The molecule has 2 aromatic carbocycles. The number of hydrogen-bond donors (Lipinski definition) is 2. The number of aromatic nitrogens is 2. The quantitative estimate of drug-likeness (QED) is 0.390. The van der Waals surface area contributed by atoms with Gasteiger partial charge in [-0.3, -0.25) is 10.4 Å². The fourth-order valence-electron chi connectivity index (χ4n) is 3.57. The zero-order valence-electron chi connectivity index (χ0n) is 16.8.